The van der Waals surface area contributed by atoms with Crippen molar-refractivity contribution in [1.82, 2.24) is 9.71 Å². The van der Waals surface area contributed by atoms with Gasteiger partial charge in [0.2, 0.25) is 0 Å². The van der Waals surface area contributed by atoms with Gasteiger partial charge in [0.25, 0.3) is 10.0 Å². The van der Waals surface area contributed by atoms with E-state index >= 15 is 0 Å². The minimum atomic E-state index is -3.63. The van der Waals surface area contributed by atoms with Crippen LogP contribution in [0.1, 0.15) is 18.4 Å². The van der Waals surface area contributed by atoms with Gasteiger partial charge in [-0.05, 0) is 23.6 Å². The van der Waals surface area contributed by atoms with E-state index < -0.39 is 10.0 Å². The Labute approximate surface area is 125 Å². The molecule has 2 N–H and O–H groups in total. The lowest BCUT2D eigenvalue weighted by Crippen LogP contribution is -2.29. The zero-order valence-corrected chi connectivity index (χ0v) is 12.9. The number of hydrogen-bond donors (Lipinski definition) is 2. The first-order chi connectivity index (χ1) is 10.0. The maximum atomic E-state index is 12.3. The second kappa shape index (κ2) is 6.69. The van der Waals surface area contributed by atoms with Crippen molar-refractivity contribution in [2.75, 3.05) is 18.9 Å². The quantitative estimate of drug-likeness (QED) is 0.858. The highest BCUT2D eigenvalue weighted by atomic mass is 32.2. The van der Waals surface area contributed by atoms with Gasteiger partial charge in [-0.15, -0.1) is 0 Å². The molecule has 0 fully saturated rings. The summed E-state index contributed by atoms with van der Waals surface area (Å²) in [5.41, 5.74) is 1.58. The van der Waals surface area contributed by atoms with E-state index in [1.54, 1.807) is 19.2 Å². The van der Waals surface area contributed by atoms with Gasteiger partial charge < -0.3 is 5.32 Å². The van der Waals surface area contributed by atoms with E-state index in [0.29, 0.717) is 12.2 Å². The number of nitrogens with one attached hydrogen (secondary N) is 2. The molecular weight excluding hydrogens is 286 g/mol. The average molecular weight is 305 g/mol. The molecule has 0 spiro atoms. The minimum absolute atomic E-state index is 0.0211. The Morgan fingerprint density at radius 2 is 1.86 bits per heavy atom. The maximum absolute atomic E-state index is 12.3. The van der Waals surface area contributed by atoms with E-state index in [1.165, 1.54) is 6.20 Å². The van der Waals surface area contributed by atoms with Gasteiger partial charge in [0, 0.05) is 19.8 Å². The molecule has 0 aliphatic rings. The second-order valence-electron chi connectivity index (χ2n) is 4.77. The monoisotopic (exact) mass is 305 g/mol. The van der Waals surface area contributed by atoms with Crippen molar-refractivity contribution < 1.29 is 8.42 Å². The normalized spacial score (nSPS) is 12.9. The molecule has 2 rings (SSSR count). The fourth-order valence-electron chi connectivity index (χ4n) is 2.00. The summed E-state index contributed by atoms with van der Waals surface area (Å²) in [5.74, 6) is 0.0859. The molecule has 0 saturated carbocycles. The van der Waals surface area contributed by atoms with Crippen LogP contribution in [0.15, 0.2) is 53.7 Å². The highest BCUT2D eigenvalue weighted by molar-refractivity contribution is 7.89. The fraction of sp³-hybridized carbons (Fsp3) is 0.267. The maximum Gasteiger partial charge on any atom is 0.260 e. The van der Waals surface area contributed by atoms with Crippen molar-refractivity contribution in [2.24, 2.45) is 0 Å². The van der Waals surface area contributed by atoms with Crippen molar-refractivity contribution in [3.05, 3.63) is 54.2 Å². The zero-order valence-electron chi connectivity index (χ0n) is 12.1. The highest BCUT2D eigenvalue weighted by Crippen LogP contribution is 2.18. The third kappa shape index (κ3) is 3.80. The molecule has 0 saturated heterocycles. The molecule has 0 aliphatic carbocycles. The van der Waals surface area contributed by atoms with E-state index in [4.69, 9.17) is 0 Å². The molecule has 0 radical (unpaired) electrons. The molecular formula is C15H19N3O2S. The van der Waals surface area contributed by atoms with Gasteiger partial charge in [0.15, 0.2) is 5.03 Å². The van der Waals surface area contributed by atoms with Crippen LogP contribution in [0.25, 0.3) is 0 Å². The summed E-state index contributed by atoms with van der Waals surface area (Å²) in [6.45, 7) is 2.31. The lowest BCUT2D eigenvalue weighted by Gasteiger charge is -2.14. The third-order valence-corrected chi connectivity index (χ3v) is 4.62. The number of pyridine rings is 1. The SMILES string of the molecule is CNc1cccnc1S(=O)(=O)NCC(C)c1ccccc1. The minimum Gasteiger partial charge on any atom is -0.386 e. The molecule has 5 nitrogen and oxygen atoms in total. The number of benzene rings is 1. The van der Waals surface area contributed by atoms with Crippen molar-refractivity contribution in [3.63, 3.8) is 0 Å². The number of aromatic nitrogens is 1. The Kier molecular flexibility index (Phi) is 4.93. The number of rotatable bonds is 6. The van der Waals surface area contributed by atoms with Crippen molar-refractivity contribution >= 4 is 15.7 Å². The fourth-order valence-corrected chi connectivity index (χ4v) is 3.26. The first-order valence-electron chi connectivity index (χ1n) is 6.72. The number of hydrogen-bond acceptors (Lipinski definition) is 4. The van der Waals surface area contributed by atoms with Crippen LogP contribution in [0.3, 0.4) is 0 Å². The number of sulfonamides is 1. The van der Waals surface area contributed by atoms with Crippen LogP contribution in [-0.2, 0) is 10.0 Å². The Balaban J connectivity index is 2.12. The van der Waals surface area contributed by atoms with Crippen molar-refractivity contribution in [3.8, 4) is 0 Å². The molecule has 1 unspecified atom stereocenters. The zero-order chi connectivity index (χ0) is 15.3. The van der Waals surface area contributed by atoms with Gasteiger partial charge in [0.05, 0.1) is 5.69 Å². The predicted molar refractivity (Wildman–Crippen MR) is 83.8 cm³/mol. The summed E-state index contributed by atoms with van der Waals surface area (Å²) in [6.07, 6.45) is 1.47. The van der Waals surface area contributed by atoms with Crippen LogP contribution in [0, 0.1) is 0 Å². The van der Waals surface area contributed by atoms with Gasteiger partial charge in [-0.3, -0.25) is 0 Å². The summed E-state index contributed by atoms with van der Waals surface area (Å²) >= 11 is 0. The predicted octanol–water partition coefficient (Wildman–Crippen LogP) is 2.21. The average Bonchev–Trinajstić information content (AvgIpc) is 2.53. The van der Waals surface area contributed by atoms with Gasteiger partial charge >= 0.3 is 0 Å². The Morgan fingerprint density at radius 1 is 1.14 bits per heavy atom. The van der Waals surface area contributed by atoms with Crippen LogP contribution >= 0.6 is 0 Å². The lowest BCUT2D eigenvalue weighted by atomic mass is 10.0. The Bertz CT molecular complexity index is 687. The van der Waals surface area contributed by atoms with E-state index in [0.717, 1.165) is 5.56 Å². The number of anilines is 1. The van der Waals surface area contributed by atoms with Crippen molar-refractivity contribution in [1.29, 1.82) is 0 Å². The molecule has 2 aromatic rings. The summed E-state index contributed by atoms with van der Waals surface area (Å²) in [5, 5.41) is 2.86. The van der Waals surface area contributed by atoms with E-state index in [-0.39, 0.29) is 10.9 Å². The molecule has 1 aromatic heterocycles. The second-order valence-corrected chi connectivity index (χ2v) is 6.45. The molecule has 0 amide bonds. The first kappa shape index (κ1) is 15.5. The lowest BCUT2D eigenvalue weighted by molar-refractivity contribution is 0.571. The van der Waals surface area contributed by atoms with Crippen LogP contribution in [0.4, 0.5) is 5.69 Å². The topological polar surface area (TPSA) is 71.1 Å². The van der Waals surface area contributed by atoms with Gasteiger partial charge in [0.1, 0.15) is 0 Å². The van der Waals surface area contributed by atoms with Gasteiger partial charge in [-0.1, -0.05) is 37.3 Å². The number of nitrogens with zero attached hydrogens (tertiary/aromatic N) is 1. The van der Waals surface area contributed by atoms with Crippen LogP contribution in [0.2, 0.25) is 0 Å². The summed E-state index contributed by atoms with van der Waals surface area (Å²) in [4.78, 5) is 3.96. The molecule has 1 atom stereocenters. The first-order valence-corrected chi connectivity index (χ1v) is 8.20. The molecule has 112 valence electrons. The van der Waals surface area contributed by atoms with E-state index in [9.17, 15) is 8.42 Å². The van der Waals surface area contributed by atoms with E-state index in [2.05, 4.69) is 15.0 Å². The molecule has 6 heteroatoms. The molecule has 0 bridgehead atoms. The molecule has 1 heterocycles. The standard InChI is InChI=1S/C15H19N3O2S/c1-12(13-7-4-3-5-8-13)11-18-21(19,20)15-14(16-2)9-6-10-17-15/h3-10,12,16,18H,11H2,1-2H3. The van der Waals surface area contributed by atoms with Crippen LogP contribution in [-0.4, -0.2) is 27.0 Å². The summed E-state index contributed by atoms with van der Waals surface area (Å²) in [7, 11) is -1.96. The van der Waals surface area contributed by atoms with Gasteiger partial charge in [-0.2, -0.15) is 0 Å². The van der Waals surface area contributed by atoms with Crippen molar-refractivity contribution in [2.45, 2.75) is 17.9 Å². The third-order valence-electron chi connectivity index (χ3n) is 3.24. The molecule has 1 aromatic carbocycles. The highest BCUT2D eigenvalue weighted by Gasteiger charge is 2.20. The molecule has 21 heavy (non-hydrogen) atoms. The van der Waals surface area contributed by atoms with Gasteiger partial charge in [-0.25, -0.2) is 18.1 Å². The van der Waals surface area contributed by atoms with E-state index in [1.807, 2.05) is 37.3 Å². The largest absolute Gasteiger partial charge is 0.386 e. The van der Waals surface area contributed by atoms with Crippen LogP contribution in [0.5, 0.6) is 0 Å². The summed E-state index contributed by atoms with van der Waals surface area (Å²) in [6, 6.07) is 13.2. The summed E-state index contributed by atoms with van der Waals surface area (Å²) < 4.78 is 27.3. The Hall–Kier alpha value is -1.92. The Morgan fingerprint density at radius 3 is 2.52 bits per heavy atom. The molecule has 0 aliphatic heterocycles. The van der Waals surface area contributed by atoms with Crippen LogP contribution < -0.4 is 10.0 Å². The smallest absolute Gasteiger partial charge is 0.260 e.